The first-order valence-electron chi connectivity index (χ1n) is 11.8. The number of benzene rings is 2. The number of halogens is 2. The third-order valence-corrected chi connectivity index (χ3v) is 8.26. The summed E-state index contributed by atoms with van der Waals surface area (Å²) in [6, 6.07) is 10.6. The maximum Gasteiger partial charge on any atom is 0.270 e. The fraction of sp³-hybridized carbons (Fsp3) is 0.280. The summed E-state index contributed by atoms with van der Waals surface area (Å²) in [7, 11) is -3.50. The van der Waals surface area contributed by atoms with Gasteiger partial charge < -0.3 is 14.9 Å². The van der Waals surface area contributed by atoms with Crippen LogP contribution in [0.25, 0.3) is 34.3 Å². The quantitative estimate of drug-likeness (QED) is 0.317. The molecule has 0 bridgehead atoms. The van der Waals surface area contributed by atoms with Crippen LogP contribution in [0.2, 0.25) is 0 Å². The Bertz CT molecular complexity index is 1550. The molecule has 0 radical (unpaired) electrons. The van der Waals surface area contributed by atoms with Crippen molar-refractivity contribution in [3.8, 4) is 34.3 Å². The second-order valence-electron chi connectivity index (χ2n) is 8.77. The van der Waals surface area contributed by atoms with Crippen molar-refractivity contribution in [1.29, 1.82) is 0 Å². The average molecular weight is 543 g/mol. The van der Waals surface area contributed by atoms with Crippen LogP contribution in [0.4, 0.5) is 14.6 Å². The van der Waals surface area contributed by atoms with Gasteiger partial charge in [0.1, 0.15) is 12.1 Å². The molecule has 5 rings (SSSR count). The first-order valence-corrected chi connectivity index (χ1v) is 13.3. The molecule has 0 saturated carbocycles. The maximum absolute atomic E-state index is 14.7. The van der Waals surface area contributed by atoms with Gasteiger partial charge in [-0.05, 0) is 43.2 Å². The third kappa shape index (κ3) is 5.26. The number of rotatable bonds is 8. The summed E-state index contributed by atoms with van der Waals surface area (Å²) >= 11 is 0. The van der Waals surface area contributed by atoms with Crippen LogP contribution in [0, 0.1) is 5.82 Å². The molecule has 0 aliphatic carbocycles. The topological polar surface area (TPSA) is 146 Å². The van der Waals surface area contributed by atoms with E-state index in [1.165, 1.54) is 37.4 Å². The zero-order chi connectivity index (χ0) is 26.9. The SMILES string of the molecule is CC(F)NCc1ccc(-c2nnc(-c3nc(-c4ccc(S(=O)(=O)C5CCOC5)cc4)cnc3N)o2)c(F)c1. The van der Waals surface area contributed by atoms with E-state index in [-0.39, 0.29) is 46.9 Å². The Morgan fingerprint density at radius 3 is 2.61 bits per heavy atom. The smallest absolute Gasteiger partial charge is 0.270 e. The molecule has 198 valence electrons. The van der Waals surface area contributed by atoms with Gasteiger partial charge in [0.05, 0.1) is 34.2 Å². The first-order chi connectivity index (χ1) is 18.2. The Balaban J connectivity index is 1.39. The highest BCUT2D eigenvalue weighted by atomic mass is 32.2. The molecule has 3 N–H and O–H groups in total. The lowest BCUT2D eigenvalue weighted by Crippen LogP contribution is -2.21. The molecule has 0 spiro atoms. The highest BCUT2D eigenvalue weighted by molar-refractivity contribution is 7.92. The molecule has 2 unspecified atom stereocenters. The number of sulfone groups is 1. The highest BCUT2D eigenvalue weighted by Crippen LogP contribution is 2.30. The van der Waals surface area contributed by atoms with E-state index >= 15 is 0 Å². The van der Waals surface area contributed by atoms with Crippen LogP contribution < -0.4 is 11.1 Å². The van der Waals surface area contributed by atoms with Crippen LogP contribution in [0.5, 0.6) is 0 Å². The summed E-state index contributed by atoms with van der Waals surface area (Å²) in [4.78, 5) is 8.83. The molecule has 3 heterocycles. The van der Waals surface area contributed by atoms with E-state index in [0.29, 0.717) is 29.8 Å². The number of hydrogen-bond donors (Lipinski definition) is 2. The summed E-state index contributed by atoms with van der Waals surface area (Å²) in [5.41, 5.74) is 7.70. The van der Waals surface area contributed by atoms with Gasteiger partial charge >= 0.3 is 0 Å². The minimum absolute atomic E-state index is 0.0200. The summed E-state index contributed by atoms with van der Waals surface area (Å²) in [6.45, 7) is 2.12. The van der Waals surface area contributed by atoms with E-state index in [1.807, 2.05) is 0 Å². The van der Waals surface area contributed by atoms with Gasteiger partial charge in [0.25, 0.3) is 11.8 Å². The van der Waals surface area contributed by atoms with Gasteiger partial charge in [-0.3, -0.25) is 5.32 Å². The number of nitrogen functional groups attached to an aromatic ring is 1. The van der Waals surface area contributed by atoms with E-state index in [9.17, 15) is 17.2 Å². The first kappa shape index (κ1) is 25.8. The Hall–Kier alpha value is -3.81. The normalized spacial score (nSPS) is 16.6. The fourth-order valence-corrected chi connectivity index (χ4v) is 5.57. The molecule has 4 aromatic rings. The predicted octanol–water partition coefficient (Wildman–Crippen LogP) is 3.55. The Labute approximate surface area is 217 Å². The van der Waals surface area contributed by atoms with Crippen LogP contribution in [-0.2, 0) is 21.1 Å². The van der Waals surface area contributed by atoms with Crippen LogP contribution in [0.15, 0.2) is 58.0 Å². The van der Waals surface area contributed by atoms with Gasteiger partial charge in [-0.1, -0.05) is 18.2 Å². The molecule has 1 fully saturated rings. The summed E-state index contributed by atoms with van der Waals surface area (Å²) in [6.07, 6.45) is 0.679. The number of hydrogen-bond acceptors (Lipinski definition) is 10. The largest absolute Gasteiger partial charge is 0.414 e. The second kappa shape index (κ2) is 10.5. The zero-order valence-corrected chi connectivity index (χ0v) is 21.1. The number of nitrogens with two attached hydrogens (primary N) is 1. The van der Waals surface area contributed by atoms with E-state index in [2.05, 4.69) is 25.5 Å². The van der Waals surface area contributed by atoms with Crippen molar-refractivity contribution in [2.45, 2.75) is 36.3 Å². The van der Waals surface area contributed by atoms with Crippen LogP contribution >= 0.6 is 0 Å². The lowest BCUT2D eigenvalue weighted by atomic mass is 10.1. The lowest BCUT2D eigenvalue weighted by molar-refractivity contribution is 0.198. The van der Waals surface area contributed by atoms with Crippen LogP contribution in [0.1, 0.15) is 18.9 Å². The molecule has 1 saturated heterocycles. The third-order valence-electron chi connectivity index (χ3n) is 6.09. The van der Waals surface area contributed by atoms with E-state index < -0.39 is 27.2 Å². The van der Waals surface area contributed by atoms with Gasteiger partial charge in [0.2, 0.25) is 0 Å². The summed E-state index contributed by atoms with van der Waals surface area (Å²) in [5.74, 6) is -0.749. The van der Waals surface area contributed by atoms with E-state index in [4.69, 9.17) is 14.9 Å². The molecule has 1 aliphatic rings. The van der Waals surface area contributed by atoms with Gasteiger partial charge in [0, 0.05) is 18.7 Å². The molecular formula is C25H24F2N6O4S. The molecule has 2 atom stereocenters. The Morgan fingerprint density at radius 2 is 1.92 bits per heavy atom. The molecule has 0 amide bonds. The summed E-state index contributed by atoms with van der Waals surface area (Å²) in [5, 5.41) is 9.89. The Kier molecular flexibility index (Phi) is 7.15. The Morgan fingerprint density at radius 1 is 1.16 bits per heavy atom. The van der Waals surface area contributed by atoms with Crippen molar-refractivity contribution in [2.24, 2.45) is 0 Å². The van der Waals surface area contributed by atoms with Crippen molar-refractivity contribution >= 4 is 15.7 Å². The van der Waals surface area contributed by atoms with Gasteiger partial charge in [-0.2, -0.15) is 0 Å². The van der Waals surface area contributed by atoms with Gasteiger partial charge in [0.15, 0.2) is 21.3 Å². The molecule has 1 aliphatic heterocycles. The number of nitrogens with one attached hydrogen (secondary N) is 1. The molecule has 2 aromatic carbocycles. The fourth-order valence-electron chi connectivity index (χ4n) is 3.99. The van der Waals surface area contributed by atoms with Gasteiger partial charge in [-0.25, -0.2) is 27.2 Å². The molecule has 10 nitrogen and oxygen atoms in total. The number of aromatic nitrogens is 4. The minimum atomic E-state index is -3.50. The lowest BCUT2D eigenvalue weighted by Gasteiger charge is -2.10. The van der Waals surface area contributed by atoms with Crippen molar-refractivity contribution in [3.63, 3.8) is 0 Å². The van der Waals surface area contributed by atoms with Crippen LogP contribution in [0.3, 0.4) is 0 Å². The van der Waals surface area contributed by atoms with Crippen molar-refractivity contribution in [1.82, 2.24) is 25.5 Å². The summed E-state index contributed by atoms with van der Waals surface area (Å²) < 4.78 is 64.2. The number of anilines is 1. The minimum Gasteiger partial charge on any atom is -0.414 e. The average Bonchev–Trinajstić information content (AvgIpc) is 3.61. The van der Waals surface area contributed by atoms with Gasteiger partial charge in [-0.15, -0.1) is 10.2 Å². The number of nitrogens with zero attached hydrogens (tertiary/aromatic N) is 4. The second-order valence-corrected chi connectivity index (χ2v) is 11.0. The predicted molar refractivity (Wildman–Crippen MR) is 134 cm³/mol. The number of ether oxygens (including phenoxy) is 1. The monoisotopic (exact) mass is 542 g/mol. The standard InChI is InChI=1S/C25H24F2N6O4S/c1-14(26)29-11-15-2-7-19(20(27)10-15)24-32-33-25(37-24)22-23(28)30-12-21(31-22)16-3-5-17(6-4-16)38(34,35)18-8-9-36-13-18/h2-7,10,12,14,18,29H,8-9,11,13H2,1H3,(H2,28,30). The highest BCUT2D eigenvalue weighted by Gasteiger charge is 2.31. The maximum atomic E-state index is 14.7. The van der Waals surface area contributed by atoms with E-state index in [1.54, 1.807) is 18.2 Å². The molecule has 2 aromatic heterocycles. The van der Waals surface area contributed by atoms with E-state index in [0.717, 1.165) is 0 Å². The van der Waals surface area contributed by atoms with Crippen molar-refractivity contribution in [2.75, 3.05) is 18.9 Å². The molecule has 13 heteroatoms. The molecular weight excluding hydrogens is 518 g/mol. The molecule has 38 heavy (non-hydrogen) atoms. The van der Waals surface area contributed by atoms with Crippen LogP contribution in [-0.4, -0.2) is 53.3 Å². The number of alkyl halides is 1. The zero-order valence-electron chi connectivity index (χ0n) is 20.3. The van der Waals surface area contributed by atoms with Crippen molar-refractivity contribution < 1.29 is 26.4 Å². The van der Waals surface area contributed by atoms with Crippen molar-refractivity contribution in [3.05, 3.63) is 60.0 Å².